The van der Waals surface area contributed by atoms with E-state index in [1.807, 2.05) is 29.1 Å². The fraction of sp³-hybridized carbons (Fsp3) is 0.304. The van der Waals surface area contributed by atoms with Gasteiger partial charge in [-0.15, -0.1) is 24.0 Å². The van der Waals surface area contributed by atoms with E-state index in [0.29, 0.717) is 13.1 Å². The molecule has 0 unspecified atom stereocenters. The fourth-order valence-electron chi connectivity index (χ4n) is 3.66. The van der Waals surface area contributed by atoms with E-state index < -0.39 is 0 Å². The van der Waals surface area contributed by atoms with Crippen molar-refractivity contribution < 1.29 is 4.39 Å². The molecule has 0 spiro atoms. The molecule has 0 amide bonds. The van der Waals surface area contributed by atoms with E-state index in [9.17, 15) is 4.39 Å². The van der Waals surface area contributed by atoms with E-state index in [0.717, 1.165) is 30.9 Å². The minimum absolute atomic E-state index is 0. The van der Waals surface area contributed by atoms with Crippen LogP contribution < -0.4 is 10.6 Å². The molecule has 1 aromatic heterocycles. The summed E-state index contributed by atoms with van der Waals surface area (Å²) in [5.74, 6) is 0.605. The average molecular weight is 519 g/mol. The molecule has 7 heteroatoms. The molecule has 3 aromatic rings. The van der Waals surface area contributed by atoms with E-state index >= 15 is 0 Å². The van der Waals surface area contributed by atoms with E-state index in [-0.39, 0.29) is 35.2 Å². The van der Waals surface area contributed by atoms with Gasteiger partial charge >= 0.3 is 0 Å². The summed E-state index contributed by atoms with van der Waals surface area (Å²) in [6.07, 6.45) is 5.73. The van der Waals surface area contributed by atoms with E-state index in [4.69, 9.17) is 0 Å². The third-order valence-corrected chi connectivity index (χ3v) is 5.47. The van der Waals surface area contributed by atoms with Crippen molar-refractivity contribution in [2.45, 2.75) is 31.3 Å². The normalized spacial score (nSPS) is 14.7. The van der Waals surface area contributed by atoms with Gasteiger partial charge in [0.25, 0.3) is 0 Å². The molecule has 158 valence electrons. The molecule has 1 aliphatic rings. The van der Waals surface area contributed by atoms with Crippen molar-refractivity contribution in [2.24, 2.45) is 4.99 Å². The average Bonchev–Trinajstić information content (AvgIpc) is 3.35. The van der Waals surface area contributed by atoms with Crippen LogP contribution in [0, 0.1) is 5.82 Å². The number of nitrogens with zero attached hydrogens (tertiary/aromatic N) is 3. The molecule has 2 aromatic carbocycles. The number of rotatable bonds is 7. The van der Waals surface area contributed by atoms with Crippen molar-refractivity contribution >= 4 is 29.9 Å². The Labute approximate surface area is 193 Å². The van der Waals surface area contributed by atoms with Crippen LogP contribution in [0.15, 0.2) is 72.0 Å². The summed E-state index contributed by atoms with van der Waals surface area (Å²) in [7, 11) is 1.76. The molecule has 1 fully saturated rings. The van der Waals surface area contributed by atoms with Crippen LogP contribution in [0.3, 0.4) is 0 Å². The number of hydrogen-bond acceptors (Lipinski definition) is 2. The molecule has 1 saturated carbocycles. The summed E-state index contributed by atoms with van der Waals surface area (Å²) in [5, 5.41) is 11.0. The topological polar surface area (TPSA) is 54.2 Å². The first-order chi connectivity index (χ1) is 14.2. The van der Waals surface area contributed by atoms with Crippen molar-refractivity contribution in [3.8, 4) is 0 Å². The van der Waals surface area contributed by atoms with Gasteiger partial charge in [-0.05, 0) is 41.7 Å². The van der Waals surface area contributed by atoms with Crippen molar-refractivity contribution in [1.29, 1.82) is 0 Å². The smallest absolute Gasteiger partial charge is 0.191 e. The maximum absolute atomic E-state index is 14.2. The number of benzene rings is 2. The Bertz CT molecular complexity index is 983. The van der Waals surface area contributed by atoms with Gasteiger partial charge in [0.15, 0.2) is 5.96 Å². The number of aromatic nitrogens is 2. The van der Waals surface area contributed by atoms with Crippen LogP contribution in [0.5, 0.6) is 0 Å². The first-order valence-corrected chi connectivity index (χ1v) is 9.93. The number of halogens is 2. The molecule has 2 N–H and O–H groups in total. The van der Waals surface area contributed by atoms with Crippen LogP contribution in [0.1, 0.15) is 29.5 Å². The Morgan fingerprint density at radius 2 is 1.90 bits per heavy atom. The standard InChI is InChI=1S/C23H26FN5.HI/c1-25-22(27-17-23(10-11-23)20-8-2-3-9-21(20)24)26-15-18-6-4-7-19(14-18)16-29-13-5-12-28-29;/h2-9,12-14H,10-11,15-17H2,1H3,(H2,25,26,27);1H. The molecule has 1 heterocycles. The largest absolute Gasteiger partial charge is 0.356 e. The Kier molecular flexibility index (Phi) is 7.47. The van der Waals surface area contributed by atoms with Crippen LogP contribution in [0.2, 0.25) is 0 Å². The molecule has 1 aliphatic carbocycles. The van der Waals surface area contributed by atoms with Crippen molar-refractivity contribution in [3.05, 3.63) is 89.5 Å². The Morgan fingerprint density at radius 1 is 1.10 bits per heavy atom. The fourth-order valence-corrected chi connectivity index (χ4v) is 3.66. The third-order valence-electron chi connectivity index (χ3n) is 5.47. The summed E-state index contributed by atoms with van der Waals surface area (Å²) in [5.41, 5.74) is 3.06. The van der Waals surface area contributed by atoms with Crippen LogP contribution in [0.4, 0.5) is 4.39 Å². The highest BCUT2D eigenvalue weighted by Gasteiger charge is 2.45. The van der Waals surface area contributed by atoms with Gasteiger partial charge in [-0.25, -0.2) is 4.39 Å². The molecule has 0 bridgehead atoms. The van der Waals surface area contributed by atoms with Gasteiger partial charge in [0.2, 0.25) is 0 Å². The zero-order valence-corrected chi connectivity index (χ0v) is 19.3. The van der Waals surface area contributed by atoms with E-state index in [1.165, 1.54) is 11.1 Å². The second-order valence-electron chi connectivity index (χ2n) is 7.56. The lowest BCUT2D eigenvalue weighted by molar-refractivity contribution is 0.559. The number of hydrogen-bond donors (Lipinski definition) is 2. The number of aliphatic imine (C=N–C) groups is 1. The SMILES string of the molecule is CN=C(NCc1cccc(Cn2cccn2)c1)NCC1(c2ccccc2F)CC1.I. The molecule has 30 heavy (non-hydrogen) atoms. The Morgan fingerprint density at radius 3 is 2.60 bits per heavy atom. The monoisotopic (exact) mass is 519 g/mol. The molecule has 0 atom stereocenters. The number of nitrogens with one attached hydrogen (secondary N) is 2. The zero-order valence-electron chi connectivity index (χ0n) is 17.0. The molecule has 5 nitrogen and oxygen atoms in total. The van der Waals surface area contributed by atoms with Gasteiger partial charge in [-0.1, -0.05) is 42.5 Å². The Balaban J connectivity index is 0.00000256. The maximum atomic E-state index is 14.2. The molecule has 0 saturated heterocycles. The van der Waals surface area contributed by atoms with E-state index in [2.05, 4.69) is 45.0 Å². The minimum atomic E-state index is -0.122. The van der Waals surface area contributed by atoms with Crippen molar-refractivity contribution in [2.75, 3.05) is 13.6 Å². The predicted octanol–water partition coefficient (Wildman–Crippen LogP) is 4.09. The van der Waals surface area contributed by atoms with Crippen molar-refractivity contribution in [3.63, 3.8) is 0 Å². The van der Waals surface area contributed by atoms with Gasteiger partial charge in [0.1, 0.15) is 5.82 Å². The summed E-state index contributed by atoms with van der Waals surface area (Å²) >= 11 is 0. The lowest BCUT2D eigenvalue weighted by Crippen LogP contribution is -2.41. The predicted molar refractivity (Wildman–Crippen MR) is 129 cm³/mol. The van der Waals surface area contributed by atoms with Crippen LogP contribution in [0.25, 0.3) is 0 Å². The first kappa shape index (κ1) is 22.3. The highest BCUT2D eigenvalue weighted by Crippen LogP contribution is 2.48. The minimum Gasteiger partial charge on any atom is -0.356 e. The van der Waals surface area contributed by atoms with E-state index in [1.54, 1.807) is 25.4 Å². The maximum Gasteiger partial charge on any atom is 0.191 e. The molecular weight excluding hydrogens is 492 g/mol. The van der Waals surface area contributed by atoms with Gasteiger partial charge in [0, 0.05) is 37.9 Å². The highest BCUT2D eigenvalue weighted by atomic mass is 127. The summed E-state index contributed by atoms with van der Waals surface area (Å²) in [6.45, 7) is 2.09. The quantitative estimate of drug-likeness (QED) is 0.281. The molecule has 0 radical (unpaired) electrons. The summed E-state index contributed by atoms with van der Waals surface area (Å²) in [4.78, 5) is 4.32. The molecule has 0 aliphatic heterocycles. The second-order valence-corrected chi connectivity index (χ2v) is 7.56. The molecular formula is C23H27FIN5. The summed E-state index contributed by atoms with van der Waals surface area (Å²) < 4.78 is 16.1. The van der Waals surface area contributed by atoms with Crippen LogP contribution in [-0.2, 0) is 18.5 Å². The van der Waals surface area contributed by atoms with Crippen LogP contribution in [-0.4, -0.2) is 29.3 Å². The highest BCUT2D eigenvalue weighted by molar-refractivity contribution is 14.0. The third kappa shape index (κ3) is 5.38. The van der Waals surface area contributed by atoms with Crippen molar-refractivity contribution in [1.82, 2.24) is 20.4 Å². The lowest BCUT2D eigenvalue weighted by atomic mass is 9.95. The lowest BCUT2D eigenvalue weighted by Gasteiger charge is -2.19. The first-order valence-electron chi connectivity index (χ1n) is 9.93. The van der Waals surface area contributed by atoms with Gasteiger partial charge in [-0.3, -0.25) is 9.67 Å². The Hall–Kier alpha value is -2.42. The van der Waals surface area contributed by atoms with Crippen LogP contribution >= 0.6 is 24.0 Å². The van der Waals surface area contributed by atoms with Gasteiger partial charge in [0.05, 0.1) is 6.54 Å². The summed E-state index contributed by atoms with van der Waals surface area (Å²) in [6, 6.07) is 17.4. The van der Waals surface area contributed by atoms with Gasteiger partial charge in [-0.2, -0.15) is 5.10 Å². The second kappa shape index (κ2) is 10.1. The molecule has 4 rings (SSSR count). The number of guanidine groups is 1. The zero-order chi connectivity index (χ0) is 20.1. The van der Waals surface area contributed by atoms with Gasteiger partial charge < -0.3 is 10.6 Å².